The Kier molecular flexibility index (Phi) is 6.28. The maximum atomic E-state index is 12.5. The zero-order valence-corrected chi connectivity index (χ0v) is 15.9. The van der Waals surface area contributed by atoms with Crippen LogP contribution in [0, 0.1) is 0 Å². The molecule has 0 bridgehead atoms. The fourth-order valence-corrected chi connectivity index (χ4v) is 2.94. The summed E-state index contributed by atoms with van der Waals surface area (Å²) in [5.41, 5.74) is 1.01. The van der Waals surface area contributed by atoms with Crippen molar-refractivity contribution in [3.05, 3.63) is 66.4 Å². The molecule has 3 aromatic rings. The number of alkyl halides is 6. The Morgan fingerprint density at radius 2 is 1.38 bits per heavy atom. The van der Waals surface area contributed by atoms with Crippen molar-refractivity contribution in [1.82, 2.24) is 4.98 Å². The summed E-state index contributed by atoms with van der Waals surface area (Å²) in [5.74, 6) is -2.21. The second kappa shape index (κ2) is 8.77. The number of carboxylic acids is 1. The fraction of sp³-hybridized carbons (Fsp3) is 0.143. The molecule has 0 radical (unpaired) electrons. The van der Waals surface area contributed by atoms with Crippen molar-refractivity contribution < 1.29 is 45.7 Å². The van der Waals surface area contributed by atoms with Crippen LogP contribution >= 0.6 is 0 Å². The van der Waals surface area contributed by atoms with Crippen molar-refractivity contribution in [1.29, 1.82) is 0 Å². The van der Waals surface area contributed by atoms with E-state index >= 15 is 0 Å². The molecule has 1 aromatic heterocycles. The normalized spacial score (nSPS) is 11.8. The Morgan fingerprint density at radius 1 is 0.844 bits per heavy atom. The zero-order chi connectivity index (χ0) is 23.5. The number of rotatable bonds is 6. The van der Waals surface area contributed by atoms with Crippen LogP contribution in [0.4, 0.5) is 26.3 Å². The van der Waals surface area contributed by atoms with Crippen LogP contribution in [0.5, 0.6) is 11.5 Å². The molecule has 0 aliphatic rings. The molecule has 0 unspecified atom stereocenters. The molecule has 168 valence electrons. The highest BCUT2D eigenvalue weighted by Crippen LogP contribution is 2.33. The summed E-state index contributed by atoms with van der Waals surface area (Å²) in [6, 6.07) is 11.2. The number of carboxylic acid groups (broad SMARTS) is 1. The lowest BCUT2D eigenvalue weighted by molar-refractivity contribution is -0.275. The van der Waals surface area contributed by atoms with Crippen molar-refractivity contribution in [3.8, 4) is 33.9 Å². The molecule has 0 spiro atoms. The van der Waals surface area contributed by atoms with Crippen molar-refractivity contribution in [3.63, 3.8) is 0 Å². The number of ether oxygens (including phenoxy) is 2. The van der Waals surface area contributed by atoms with Gasteiger partial charge in [0.25, 0.3) is 0 Å². The van der Waals surface area contributed by atoms with E-state index in [9.17, 15) is 36.2 Å². The second-order valence-corrected chi connectivity index (χ2v) is 6.45. The molecule has 0 aliphatic heterocycles. The van der Waals surface area contributed by atoms with Crippen LogP contribution in [-0.4, -0.2) is 28.8 Å². The number of benzene rings is 2. The number of halogens is 6. The topological polar surface area (TPSA) is 68.7 Å². The van der Waals surface area contributed by atoms with Crippen molar-refractivity contribution >= 4 is 5.97 Å². The number of carbonyl (C=O) groups is 1. The molecule has 5 nitrogen and oxygen atoms in total. The fourth-order valence-electron chi connectivity index (χ4n) is 2.94. The molecule has 2 aromatic carbocycles. The monoisotopic (exact) mass is 457 g/mol. The van der Waals surface area contributed by atoms with Gasteiger partial charge in [-0.25, -0.2) is 0 Å². The molecule has 0 atom stereocenters. The summed E-state index contributed by atoms with van der Waals surface area (Å²) in [7, 11) is 0. The maximum Gasteiger partial charge on any atom is 0.573 e. The van der Waals surface area contributed by atoms with Crippen LogP contribution < -0.4 is 9.47 Å². The molecule has 11 heteroatoms. The lowest BCUT2D eigenvalue weighted by Gasteiger charge is -2.14. The lowest BCUT2D eigenvalue weighted by Crippen LogP contribution is -2.17. The summed E-state index contributed by atoms with van der Waals surface area (Å²) >= 11 is 0. The quantitative estimate of drug-likeness (QED) is 0.471. The first-order chi connectivity index (χ1) is 14.9. The highest BCUT2D eigenvalue weighted by Gasteiger charge is 2.32. The van der Waals surface area contributed by atoms with Crippen LogP contribution in [0.15, 0.2) is 60.8 Å². The molecular weight excluding hydrogens is 444 g/mol. The zero-order valence-electron chi connectivity index (χ0n) is 15.9. The second-order valence-electron chi connectivity index (χ2n) is 6.45. The molecule has 0 saturated carbocycles. The smallest absolute Gasteiger partial charge is 0.481 e. The third-order valence-corrected chi connectivity index (χ3v) is 4.07. The van der Waals surface area contributed by atoms with Gasteiger partial charge in [-0.2, -0.15) is 0 Å². The van der Waals surface area contributed by atoms with Gasteiger partial charge in [0.15, 0.2) is 0 Å². The summed E-state index contributed by atoms with van der Waals surface area (Å²) in [6.45, 7) is 0. The minimum absolute atomic E-state index is 0.153. The highest BCUT2D eigenvalue weighted by molar-refractivity contribution is 5.78. The number of pyridine rings is 1. The van der Waals surface area contributed by atoms with Crippen LogP contribution in [-0.2, 0) is 11.2 Å². The third kappa shape index (κ3) is 6.37. The maximum absolute atomic E-state index is 12.5. The van der Waals surface area contributed by atoms with E-state index in [0.717, 1.165) is 24.3 Å². The Balaban J connectivity index is 2.02. The van der Waals surface area contributed by atoms with Gasteiger partial charge in [-0.05, 0) is 41.5 Å². The summed E-state index contributed by atoms with van der Waals surface area (Å²) in [6.07, 6.45) is -9.08. The van der Waals surface area contributed by atoms with Gasteiger partial charge >= 0.3 is 18.7 Å². The molecule has 1 N–H and O–H groups in total. The summed E-state index contributed by atoms with van der Waals surface area (Å²) in [5, 5.41) is 9.24. The molecule has 1 heterocycles. The molecule has 0 fully saturated rings. The average molecular weight is 457 g/mol. The predicted molar refractivity (Wildman–Crippen MR) is 99.8 cm³/mol. The third-order valence-electron chi connectivity index (χ3n) is 4.07. The van der Waals surface area contributed by atoms with E-state index in [-0.39, 0.29) is 27.9 Å². The van der Waals surface area contributed by atoms with Crippen LogP contribution in [0.2, 0.25) is 0 Å². The Morgan fingerprint density at radius 3 is 1.91 bits per heavy atom. The number of hydrogen-bond acceptors (Lipinski definition) is 4. The Hall–Kier alpha value is -3.76. The van der Waals surface area contributed by atoms with Gasteiger partial charge in [0.05, 0.1) is 12.1 Å². The van der Waals surface area contributed by atoms with Crippen LogP contribution in [0.3, 0.4) is 0 Å². The lowest BCUT2D eigenvalue weighted by atomic mass is 9.97. The van der Waals surface area contributed by atoms with Crippen molar-refractivity contribution in [2.24, 2.45) is 0 Å². The molecule has 0 amide bonds. The van der Waals surface area contributed by atoms with Gasteiger partial charge < -0.3 is 14.6 Å². The van der Waals surface area contributed by atoms with Crippen molar-refractivity contribution in [2.45, 2.75) is 19.1 Å². The molecule has 0 saturated heterocycles. The molecular formula is C21H13F6NO4. The summed E-state index contributed by atoms with van der Waals surface area (Å²) in [4.78, 5) is 15.5. The van der Waals surface area contributed by atoms with Gasteiger partial charge in [-0.1, -0.05) is 24.3 Å². The van der Waals surface area contributed by atoms with Crippen LogP contribution in [0.25, 0.3) is 22.4 Å². The van der Waals surface area contributed by atoms with E-state index in [1.165, 1.54) is 36.5 Å². The van der Waals surface area contributed by atoms with E-state index in [1.807, 2.05) is 0 Å². The van der Waals surface area contributed by atoms with Crippen LogP contribution in [0.1, 0.15) is 5.56 Å². The average Bonchev–Trinajstić information content (AvgIpc) is 2.65. The molecule has 32 heavy (non-hydrogen) atoms. The first kappa shape index (κ1) is 22.9. The van der Waals surface area contributed by atoms with E-state index in [1.54, 1.807) is 0 Å². The Bertz CT molecular complexity index is 1130. The first-order valence-corrected chi connectivity index (χ1v) is 8.83. The number of aromatic nitrogens is 1. The highest BCUT2D eigenvalue weighted by atomic mass is 19.4. The summed E-state index contributed by atoms with van der Waals surface area (Å²) < 4.78 is 82.7. The van der Waals surface area contributed by atoms with Gasteiger partial charge in [0, 0.05) is 17.3 Å². The van der Waals surface area contributed by atoms with E-state index in [2.05, 4.69) is 14.5 Å². The SMILES string of the molecule is O=C(O)Cc1cc(-c2cccc(OC(F)(F)F)c2)ncc1-c1cccc(OC(F)(F)F)c1. The van der Waals surface area contributed by atoms with Gasteiger partial charge in [-0.3, -0.25) is 9.78 Å². The number of hydrogen-bond donors (Lipinski definition) is 1. The standard InChI is InChI=1S/C21H13F6NO4/c22-20(23,24)31-15-5-1-3-12(7-15)17-11-28-18(9-14(17)10-19(29)30)13-4-2-6-16(8-13)32-21(25,26)27/h1-9,11H,10H2,(H,29,30). The van der Waals surface area contributed by atoms with E-state index in [0.29, 0.717) is 0 Å². The van der Waals surface area contributed by atoms with E-state index < -0.39 is 36.6 Å². The van der Waals surface area contributed by atoms with Gasteiger partial charge in [-0.15, -0.1) is 26.3 Å². The molecule has 3 rings (SSSR count). The first-order valence-electron chi connectivity index (χ1n) is 8.83. The largest absolute Gasteiger partial charge is 0.573 e. The molecule has 0 aliphatic carbocycles. The number of nitrogens with zero attached hydrogens (tertiary/aromatic N) is 1. The van der Waals surface area contributed by atoms with E-state index in [4.69, 9.17) is 0 Å². The van der Waals surface area contributed by atoms with Gasteiger partial charge in [0.1, 0.15) is 11.5 Å². The minimum atomic E-state index is -4.91. The Labute approximate surface area is 176 Å². The van der Waals surface area contributed by atoms with Gasteiger partial charge in [0.2, 0.25) is 0 Å². The minimum Gasteiger partial charge on any atom is -0.481 e. The number of aliphatic carboxylic acids is 1. The predicted octanol–water partition coefficient (Wildman–Crippen LogP) is 5.84. The van der Waals surface area contributed by atoms with Crippen molar-refractivity contribution in [2.75, 3.05) is 0 Å².